The van der Waals surface area contributed by atoms with Crippen LogP contribution in [0.5, 0.6) is 0 Å². The Bertz CT molecular complexity index is 872. The Morgan fingerprint density at radius 2 is 1.72 bits per heavy atom. The predicted molar refractivity (Wildman–Crippen MR) is 100 cm³/mol. The molecule has 5 nitrogen and oxygen atoms in total. The Hall–Kier alpha value is -2.18. The van der Waals surface area contributed by atoms with Gasteiger partial charge in [-0.1, -0.05) is 32.0 Å². The summed E-state index contributed by atoms with van der Waals surface area (Å²) in [6.45, 7) is 8.09. The van der Waals surface area contributed by atoms with Crippen LogP contribution in [0.1, 0.15) is 35.3 Å². The molecule has 0 radical (unpaired) electrons. The highest BCUT2D eigenvalue weighted by molar-refractivity contribution is 7.89. The van der Waals surface area contributed by atoms with E-state index < -0.39 is 10.0 Å². The maximum atomic E-state index is 12.7. The van der Waals surface area contributed by atoms with Crippen molar-refractivity contribution in [2.75, 3.05) is 18.4 Å². The molecular weight excluding hydrogens is 336 g/mol. The Labute approximate surface area is 149 Å². The van der Waals surface area contributed by atoms with Gasteiger partial charge in [0, 0.05) is 24.3 Å². The molecule has 0 saturated carbocycles. The minimum absolute atomic E-state index is 0.135. The van der Waals surface area contributed by atoms with Crippen LogP contribution in [0.2, 0.25) is 0 Å². The first-order valence-electron chi connectivity index (χ1n) is 8.28. The summed E-state index contributed by atoms with van der Waals surface area (Å²) in [7, 11) is -3.60. The highest BCUT2D eigenvalue weighted by atomic mass is 32.2. The summed E-state index contributed by atoms with van der Waals surface area (Å²) in [5.74, 6) is -0.320. The number of hydrogen-bond donors (Lipinski definition) is 1. The average Bonchev–Trinajstić information content (AvgIpc) is 2.55. The molecule has 0 aromatic heterocycles. The number of sulfonamides is 1. The van der Waals surface area contributed by atoms with E-state index in [1.54, 1.807) is 39.0 Å². The van der Waals surface area contributed by atoms with Crippen LogP contribution in [0.4, 0.5) is 5.69 Å². The SMILES string of the molecule is CCN(CC)S(=O)(=O)c1ccc(C)c(C(=O)Nc2cccc(C)c2)c1. The number of rotatable bonds is 6. The second-order valence-corrected chi connectivity index (χ2v) is 7.83. The minimum atomic E-state index is -3.60. The zero-order valence-electron chi connectivity index (χ0n) is 15.0. The first-order chi connectivity index (χ1) is 11.8. The van der Waals surface area contributed by atoms with E-state index >= 15 is 0 Å². The van der Waals surface area contributed by atoms with Crippen molar-refractivity contribution in [2.45, 2.75) is 32.6 Å². The van der Waals surface area contributed by atoms with Crippen LogP contribution >= 0.6 is 0 Å². The Balaban J connectivity index is 2.37. The second-order valence-electron chi connectivity index (χ2n) is 5.89. The normalized spacial score (nSPS) is 11.6. The maximum absolute atomic E-state index is 12.7. The standard InChI is InChI=1S/C19H24N2O3S/c1-5-21(6-2)25(23,24)17-11-10-15(4)18(13-17)19(22)20-16-9-7-8-14(3)12-16/h7-13H,5-6H2,1-4H3,(H,20,22). The first kappa shape index (κ1) is 19.1. The zero-order chi connectivity index (χ0) is 18.6. The topological polar surface area (TPSA) is 66.5 Å². The lowest BCUT2D eigenvalue weighted by Crippen LogP contribution is -2.30. The zero-order valence-corrected chi connectivity index (χ0v) is 15.9. The molecular formula is C19H24N2O3S. The molecule has 0 saturated heterocycles. The molecule has 0 spiro atoms. The molecule has 0 fully saturated rings. The molecule has 134 valence electrons. The van der Waals surface area contributed by atoms with Crippen molar-refractivity contribution in [2.24, 2.45) is 0 Å². The van der Waals surface area contributed by atoms with E-state index in [1.165, 1.54) is 10.4 Å². The van der Waals surface area contributed by atoms with Gasteiger partial charge < -0.3 is 5.32 Å². The molecule has 0 aliphatic rings. The molecule has 0 bridgehead atoms. The van der Waals surface area contributed by atoms with E-state index in [4.69, 9.17) is 0 Å². The number of amides is 1. The van der Waals surface area contributed by atoms with Crippen molar-refractivity contribution in [3.8, 4) is 0 Å². The summed E-state index contributed by atoms with van der Waals surface area (Å²) in [5.41, 5.74) is 2.80. The van der Waals surface area contributed by atoms with Gasteiger partial charge in [-0.3, -0.25) is 4.79 Å². The number of anilines is 1. The van der Waals surface area contributed by atoms with Gasteiger partial charge in [-0.2, -0.15) is 4.31 Å². The summed E-state index contributed by atoms with van der Waals surface area (Å²) in [4.78, 5) is 12.8. The van der Waals surface area contributed by atoms with Crippen molar-refractivity contribution < 1.29 is 13.2 Å². The number of nitrogens with zero attached hydrogens (tertiary/aromatic N) is 1. The minimum Gasteiger partial charge on any atom is -0.322 e. The van der Waals surface area contributed by atoms with Crippen LogP contribution in [0.15, 0.2) is 47.4 Å². The van der Waals surface area contributed by atoms with Crippen LogP contribution < -0.4 is 5.32 Å². The lowest BCUT2D eigenvalue weighted by atomic mass is 10.1. The van der Waals surface area contributed by atoms with Crippen molar-refractivity contribution in [3.05, 3.63) is 59.2 Å². The van der Waals surface area contributed by atoms with Gasteiger partial charge in [-0.25, -0.2) is 8.42 Å². The monoisotopic (exact) mass is 360 g/mol. The molecule has 0 heterocycles. The van der Waals surface area contributed by atoms with E-state index in [2.05, 4.69) is 5.32 Å². The summed E-state index contributed by atoms with van der Waals surface area (Å²) < 4.78 is 26.7. The molecule has 0 atom stereocenters. The van der Waals surface area contributed by atoms with Crippen LogP contribution in [-0.2, 0) is 10.0 Å². The molecule has 1 N–H and O–H groups in total. The number of hydrogen-bond acceptors (Lipinski definition) is 3. The number of carbonyl (C=O) groups excluding carboxylic acids is 1. The van der Waals surface area contributed by atoms with Gasteiger partial charge in [0.2, 0.25) is 10.0 Å². The predicted octanol–water partition coefficient (Wildman–Crippen LogP) is 3.59. The van der Waals surface area contributed by atoms with Crippen molar-refractivity contribution in [1.29, 1.82) is 0 Å². The van der Waals surface area contributed by atoms with E-state index in [9.17, 15) is 13.2 Å². The second kappa shape index (κ2) is 7.80. The quantitative estimate of drug-likeness (QED) is 0.856. The Kier molecular flexibility index (Phi) is 5.98. The molecule has 0 unspecified atom stereocenters. The van der Waals surface area contributed by atoms with Crippen LogP contribution in [0.25, 0.3) is 0 Å². The fourth-order valence-electron chi connectivity index (χ4n) is 2.64. The molecule has 2 rings (SSSR count). The molecule has 6 heteroatoms. The smallest absolute Gasteiger partial charge is 0.255 e. The number of carbonyl (C=O) groups is 1. The number of benzene rings is 2. The molecule has 0 aliphatic heterocycles. The molecule has 2 aromatic rings. The van der Waals surface area contributed by atoms with Crippen molar-refractivity contribution in [1.82, 2.24) is 4.31 Å². The molecule has 2 aromatic carbocycles. The third-order valence-electron chi connectivity index (χ3n) is 4.07. The summed E-state index contributed by atoms with van der Waals surface area (Å²) >= 11 is 0. The third-order valence-corrected chi connectivity index (χ3v) is 6.12. The summed E-state index contributed by atoms with van der Waals surface area (Å²) in [5, 5.41) is 2.83. The van der Waals surface area contributed by atoms with Gasteiger partial charge in [-0.15, -0.1) is 0 Å². The fourth-order valence-corrected chi connectivity index (χ4v) is 4.12. The van der Waals surface area contributed by atoms with Crippen LogP contribution in [-0.4, -0.2) is 31.7 Å². The molecule has 1 amide bonds. The van der Waals surface area contributed by atoms with Gasteiger partial charge in [0.1, 0.15) is 0 Å². The highest BCUT2D eigenvalue weighted by Gasteiger charge is 2.23. The largest absolute Gasteiger partial charge is 0.322 e. The average molecular weight is 360 g/mol. The van der Waals surface area contributed by atoms with Gasteiger partial charge in [0.15, 0.2) is 0 Å². The van der Waals surface area contributed by atoms with Gasteiger partial charge in [0.05, 0.1) is 4.90 Å². The molecule has 0 aliphatic carbocycles. The van der Waals surface area contributed by atoms with Crippen LogP contribution in [0.3, 0.4) is 0 Å². The lowest BCUT2D eigenvalue weighted by Gasteiger charge is -2.19. The van der Waals surface area contributed by atoms with Crippen molar-refractivity contribution in [3.63, 3.8) is 0 Å². The first-order valence-corrected chi connectivity index (χ1v) is 9.72. The maximum Gasteiger partial charge on any atom is 0.255 e. The van der Waals surface area contributed by atoms with Gasteiger partial charge in [0.25, 0.3) is 5.91 Å². The van der Waals surface area contributed by atoms with E-state index in [0.29, 0.717) is 24.3 Å². The Morgan fingerprint density at radius 1 is 1.04 bits per heavy atom. The van der Waals surface area contributed by atoms with E-state index in [1.807, 2.05) is 25.1 Å². The van der Waals surface area contributed by atoms with E-state index in [-0.39, 0.29) is 10.8 Å². The highest BCUT2D eigenvalue weighted by Crippen LogP contribution is 2.21. The van der Waals surface area contributed by atoms with Gasteiger partial charge >= 0.3 is 0 Å². The molecule has 25 heavy (non-hydrogen) atoms. The van der Waals surface area contributed by atoms with Gasteiger partial charge in [-0.05, 0) is 49.2 Å². The van der Waals surface area contributed by atoms with Crippen LogP contribution in [0, 0.1) is 13.8 Å². The Morgan fingerprint density at radius 3 is 2.32 bits per heavy atom. The van der Waals surface area contributed by atoms with E-state index in [0.717, 1.165) is 11.1 Å². The third kappa shape index (κ3) is 4.27. The van der Waals surface area contributed by atoms with Crippen molar-refractivity contribution >= 4 is 21.6 Å². The lowest BCUT2D eigenvalue weighted by molar-refractivity contribution is 0.102. The fraction of sp³-hybridized carbons (Fsp3) is 0.316. The number of aryl methyl sites for hydroxylation is 2. The summed E-state index contributed by atoms with van der Waals surface area (Å²) in [6, 6.07) is 12.1. The summed E-state index contributed by atoms with van der Waals surface area (Å²) in [6.07, 6.45) is 0. The number of nitrogens with one attached hydrogen (secondary N) is 1.